The molecule has 2 aromatic rings. The van der Waals surface area contributed by atoms with Gasteiger partial charge in [-0.15, -0.1) is 0 Å². The second-order valence-electron chi connectivity index (χ2n) is 6.60. The van der Waals surface area contributed by atoms with Crippen LogP contribution < -0.4 is 15.4 Å². The van der Waals surface area contributed by atoms with Crippen LogP contribution in [0.1, 0.15) is 32.6 Å². The van der Waals surface area contributed by atoms with E-state index in [2.05, 4.69) is 25.7 Å². The summed E-state index contributed by atoms with van der Waals surface area (Å²) in [5.41, 5.74) is 0.710. The number of ether oxygens (including phenoxy) is 1. The molecule has 1 saturated carbocycles. The normalized spacial score (nSPS) is 19.8. The van der Waals surface area contributed by atoms with Crippen LogP contribution in [0, 0.1) is 11.7 Å². The minimum absolute atomic E-state index is 0.00130. The lowest BCUT2D eigenvalue weighted by atomic mass is 9.86. The fraction of sp³-hybridized carbons (Fsp3) is 0.529. The van der Waals surface area contributed by atoms with E-state index in [1.165, 1.54) is 6.92 Å². The van der Waals surface area contributed by atoms with E-state index < -0.39 is 5.82 Å². The molecule has 1 fully saturated rings. The van der Waals surface area contributed by atoms with Crippen LogP contribution >= 0.6 is 0 Å². The molecule has 0 aliphatic heterocycles. The smallest absolute Gasteiger partial charge is 0.255 e. The second-order valence-corrected chi connectivity index (χ2v) is 6.60. The molecule has 9 heteroatoms. The van der Waals surface area contributed by atoms with Crippen molar-refractivity contribution in [2.45, 2.75) is 38.6 Å². The fourth-order valence-corrected chi connectivity index (χ4v) is 3.09. The van der Waals surface area contributed by atoms with Gasteiger partial charge in [0.15, 0.2) is 0 Å². The van der Waals surface area contributed by atoms with Gasteiger partial charge in [-0.05, 0) is 31.6 Å². The van der Waals surface area contributed by atoms with E-state index in [0.29, 0.717) is 18.2 Å². The summed E-state index contributed by atoms with van der Waals surface area (Å²) in [5.74, 6) is -0.0710. The molecule has 0 spiro atoms. The van der Waals surface area contributed by atoms with E-state index in [1.54, 1.807) is 24.1 Å². The molecule has 0 unspecified atom stereocenters. The predicted octanol–water partition coefficient (Wildman–Crippen LogP) is 2.17. The van der Waals surface area contributed by atoms with Gasteiger partial charge in [-0.2, -0.15) is 14.5 Å². The topological polar surface area (TPSA) is 94.0 Å². The van der Waals surface area contributed by atoms with E-state index in [9.17, 15) is 9.18 Å². The molecule has 1 amide bonds. The number of aryl methyl sites for hydroxylation is 1. The molecule has 8 nitrogen and oxygen atoms in total. The van der Waals surface area contributed by atoms with Gasteiger partial charge in [0.2, 0.25) is 17.7 Å². The molecular formula is C17H23FN6O2. The number of nitrogens with one attached hydrogen (secondary N) is 2. The Morgan fingerprint density at radius 1 is 1.35 bits per heavy atom. The molecule has 0 aromatic carbocycles. The third kappa shape index (κ3) is 4.90. The van der Waals surface area contributed by atoms with Gasteiger partial charge >= 0.3 is 0 Å². The third-order valence-corrected chi connectivity index (χ3v) is 4.38. The van der Waals surface area contributed by atoms with E-state index in [4.69, 9.17) is 4.74 Å². The number of anilines is 2. The quantitative estimate of drug-likeness (QED) is 0.818. The number of hydrogen-bond acceptors (Lipinski definition) is 6. The first-order valence-corrected chi connectivity index (χ1v) is 8.67. The molecule has 0 bridgehead atoms. The molecule has 1 aliphatic carbocycles. The van der Waals surface area contributed by atoms with Crippen LogP contribution in [0.25, 0.3) is 0 Å². The monoisotopic (exact) mass is 362 g/mol. The number of halogens is 1. The largest absolute Gasteiger partial charge is 0.475 e. The minimum Gasteiger partial charge on any atom is -0.475 e. The molecule has 0 saturated heterocycles. The Kier molecular flexibility index (Phi) is 5.65. The zero-order chi connectivity index (χ0) is 18.5. The summed E-state index contributed by atoms with van der Waals surface area (Å²) < 4.78 is 21.2. The van der Waals surface area contributed by atoms with Crippen LogP contribution in [0.15, 0.2) is 18.6 Å². The Morgan fingerprint density at radius 2 is 2.12 bits per heavy atom. The van der Waals surface area contributed by atoms with Crippen molar-refractivity contribution < 1.29 is 13.9 Å². The summed E-state index contributed by atoms with van der Waals surface area (Å²) in [6.45, 7) is 1.93. The van der Waals surface area contributed by atoms with Crippen LogP contribution in [0.4, 0.5) is 16.0 Å². The summed E-state index contributed by atoms with van der Waals surface area (Å²) >= 11 is 0. The van der Waals surface area contributed by atoms with Crippen LogP contribution in [0.3, 0.4) is 0 Å². The van der Waals surface area contributed by atoms with E-state index in [0.717, 1.165) is 31.9 Å². The minimum atomic E-state index is -0.589. The predicted molar refractivity (Wildman–Crippen MR) is 93.5 cm³/mol. The summed E-state index contributed by atoms with van der Waals surface area (Å²) in [4.78, 5) is 19.1. The highest BCUT2D eigenvalue weighted by Gasteiger charge is 2.22. The van der Waals surface area contributed by atoms with Gasteiger partial charge in [-0.1, -0.05) is 0 Å². The van der Waals surface area contributed by atoms with Gasteiger partial charge in [-0.25, -0.2) is 4.98 Å². The average molecular weight is 362 g/mol. The van der Waals surface area contributed by atoms with Crippen molar-refractivity contribution in [2.75, 3.05) is 11.9 Å². The zero-order valence-electron chi connectivity index (χ0n) is 14.9. The van der Waals surface area contributed by atoms with Crippen LogP contribution in [-0.4, -0.2) is 38.3 Å². The first kappa shape index (κ1) is 18.1. The van der Waals surface area contributed by atoms with Crippen LogP contribution in [-0.2, 0) is 11.8 Å². The molecule has 0 atom stereocenters. The third-order valence-electron chi connectivity index (χ3n) is 4.38. The summed E-state index contributed by atoms with van der Waals surface area (Å²) in [6.07, 6.45) is 8.16. The summed E-state index contributed by atoms with van der Waals surface area (Å²) in [5, 5.41) is 9.95. The van der Waals surface area contributed by atoms with Crippen molar-refractivity contribution in [2.24, 2.45) is 13.0 Å². The van der Waals surface area contributed by atoms with Gasteiger partial charge in [0.25, 0.3) is 5.88 Å². The lowest BCUT2D eigenvalue weighted by Gasteiger charge is -2.28. The standard InChI is InChI=1S/C17H23FN6O2/c1-11(25)21-13-5-3-12(4-6-13)10-26-16-15(18)8-19-17(23-16)22-14-7-20-24(2)9-14/h7-9,12-13H,3-6,10H2,1-2H3,(H,21,25)(H,19,22,23). The van der Waals surface area contributed by atoms with Crippen molar-refractivity contribution in [3.63, 3.8) is 0 Å². The molecule has 140 valence electrons. The maximum Gasteiger partial charge on any atom is 0.255 e. The van der Waals surface area contributed by atoms with E-state index in [1.807, 2.05) is 0 Å². The Morgan fingerprint density at radius 3 is 2.77 bits per heavy atom. The molecule has 2 N–H and O–H groups in total. The Hall–Kier alpha value is -2.71. The number of rotatable bonds is 6. The summed E-state index contributed by atoms with van der Waals surface area (Å²) in [7, 11) is 1.80. The van der Waals surface area contributed by atoms with Crippen molar-refractivity contribution in [1.29, 1.82) is 0 Å². The first-order valence-electron chi connectivity index (χ1n) is 8.67. The summed E-state index contributed by atoms with van der Waals surface area (Å²) in [6, 6.07) is 0.231. The number of carbonyl (C=O) groups excluding carboxylic acids is 1. The molecule has 3 rings (SSSR count). The van der Waals surface area contributed by atoms with Crippen molar-refractivity contribution in [3.8, 4) is 5.88 Å². The molecular weight excluding hydrogens is 339 g/mol. The Balaban J connectivity index is 1.53. The van der Waals surface area contributed by atoms with Gasteiger partial charge < -0.3 is 15.4 Å². The van der Waals surface area contributed by atoms with Crippen molar-refractivity contribution in [1.82, 2.24) is 25.1 Å². The fourth-order valence-electron chi connectivity index (χ4n) is 3.09. The first-order chi connectivity index (χ1) is 12.5. The van der Waals surface area contributed by atoms with Crippen molar-refractivity contribution in [3.05, 3.63) is 24.4 Å². The number of nitrogens with zero attached hydrogens (tertiary/aromatic N) is 4. The van der Waals surface area contributed by atoms with Crippen molar-refractivity contribution >= 4 is 17.5 Å². The molecule has 0 radical (unpaired) electrons. The molecule has 26 heavy (non-hydrogen) atoms. The lowest BCUT2D eigenvalue weighted by molar-refractivity contribution is -0.119. The molecule has 1 aliphatic rings. The number of carbonyl (C=O) groups is 1. The second kappa shape index (κ2) is 8.11. The van der Waals surface area contributed by atoms with Crippen LogP contribution in [0.5, 0.6) is 5.88 Å². The molecule has 2 heterocycles. The highest BCUT2D eigenvalue weighted by molar-refractivity contribution is 5.73. The number of amides is 1. The maximum atomic E-state index is 13.9. The number of aromatic nitrogens is 4. The molecule has 2 aromatic heterocycles. The Labute approximate surface area is 151 Å². The highest BCUT2D eigenvalue weighted by Crippen LogP contribution is 2.26. The SMILES string of the molecule is CC(=O)NC1CCC(COc2nc(Nc3cnn(C)c3)ncc2F)CC1. The average Bonchev–Trinajstić information content (AvgIpc) is 3.01. The van der Waals surface area contributed by atoms with Gasteiger partial charge in [0.1, 0.15) is 0 Å². The van der Waals surface area contributed by atoms with E-state index >= 15 is 0 Å². The lowest BCUT2D eigenvalue weighted by Crippen LogP contribution is -2.37. The van der Waals surface area contributed by atoms with E-state index in [-0.39, 0.29) is 23.8 Å². The Bertz CT molecular complexity index is 757. The maximum absolute atomic E-state index is 13.9. The van der Waals surface area contributed by atoms with Gasteiger partial charge in [0.05, 0.1) is 24.7 Å². The highest BCUT2D eigenvalue weighted by atomic mass is 19.1. The van der Waals surface area contributed by atoms with Gasteiger partial charge in [-0.3, -0.25) is 9.48 Å². The number of hydrogen-bond donors (Lipinski definition) is 2. The van der Waals surface area contributed by atoms with Crippen LogP contribution in [0.2, 0.25) is 0 Å². The van der Waals surface area contributed by atoms with Gasteiger partial charge in [0, 0.05) is 26.2 Å². The zero-order valence-corrected chi connectivity index (χ0v) is 14.9.